The summed E-state index contributed by atoms with van der Waals surface area (Å²) in [7, 11) is -3.79. The fourth-order valence-corrected chi connectivity index (χ4v) is 9.20. The van der Waals surface area contributed by atoms with Crippen molar-refractivity contribution >= 4 is 21.8 Å². The summed E-state index contributed by atoms with van der Waals surface area (Å²) in [6, 6.07) is 20.1. The molecule has 2 aliphatic carbocycles. The number of rotatable bonds is 6. The molecule has 3 aromatic rings. The molecule has 1 unspecified atom stereocenters. The standard InChI is InChI=1S/C35H40N2O4S/c1-22(2)24-13-16-29-28(19-24)30(36-42(40,41)25-14-11-23(3)12-15-25)20-31-34(4,17-8-18-35(29,31)5)21-37-32(38)26-9-6-7-10-27(26)33(37)39/h6-7,9-16,19,22,30-31,36H,8,17-18,20-21H2,1-5H3/t30?,31-,34-,35+/m1/s1. The summed E-state index contributed by atoms with van der Waals surface area (Å²) in [5.74, 6) is -0.121. The van der Waals surface area contributed by atoms with Crippen molar-refractivity contribution in [2.45, 2.75) is 82.6 Å². The summed E-state index contributed by atoms with van der Waals surface area (Å²) in [5, 5.41) is 0. The van der Waals surface area contributed by atoms with E-state index in [1.54, 1.807) is 36.4 Å². The van der Waals surface area contributed by atoms with Crippen LogP contribution < -0.4 is 4.72 Å². The molecule has 1 N–H and O–H groups in total. The molecule has 6 rings (SSSR count). The number of carbonyl (C=O) groups is 2. The normalized spacial score (nSPS) is 27.1. The summed E-state index contributed by atoms with van der Waals surface area (Å²) in [6.45, 7) is 11.1. The Hall–Kier alpha value is -3.29. The second-order valence-corrected chi connectivity index (χ2v) is 15.2. The molecule has 0 aromatic heterocycles. The van der Waals surface area contributed by atoms with Gasteiger partial charge in [-0.15, -0.1) is 0 Å². The fraction of sp³-hybridized carbons (Fsp3) is 0.429. The molecule has 1 saturated carbocycles. The van der Waals surface area contributed by atoms with E-state index in [0.717, 1.165) is 30.4 Å². The molecule has 0 saturated heterocycles. The highest BCUT2D eigenvalue weighted by Crippen LogP contribution is 2.60. The van der Waals surface area contributed by atoms with Gasteiger partial charge in [0.25, 0.3) is 11.8 Å². The van der Waals surface area contributed by atoms with Crippen LogP contribution in [0, 0.1) is 18.3 Å². The van der Waals surface area contributed by atoms with Crippen molar-refractivity contribution in [3.8, 4) is 0 Å². The lowest BCUT2D eigenvalue weighted by atomic mass is 9.49. The molecule has 2 amide bonds. The molecule has 4 atom stereocenters. The SMILES string of the molecule is Cc1ccc(S(=O)(=O)NC2C[C@@H]3[C@@](C)(CN4C(=O)c5ccccc5C4=O)CCC[C@@]3(C)c3ccc(C(C)C)cc32)cc1. The van der Waals surface area contributed by atoms with Crippen molar-refractivity contribution in [3.05, 3.63) is 100 Å². The van der Waals surface area contributed by atoms with Crippen LogP contribution in [0.5, 0.6) is 0 Å². The van der Waals surface area contributed by atoms with Crippen LogP contribution in [0.25, 0.3) is 0 Å². The quantitative estimate of drug-likeness (QED) is 0.320. The number of imide groups is 1. The van der Waals surface area contributed by atoms with Crippen LogP contribution in [0.3, 0.4) is 0 Å². The van der Waals surface area contributed by atoms with E-state index in [0.29, 0.717) is 30.0 Å². The lowest BCUT2D eigenvalue weighted by molar-refractivity contribution is -0.00374. The van der Waals surface area contributed by atoms with Gasteiger partial charge in [0.15, 0.2) is 0 Å². The highest BCUT2D eigenvalue weighted by Gasteiger charge is 2.55. The predicted molar refractivity (Wildman–Crippen MR) is 164 cm³/mol. The van der Waals surface area contributed by atoms with Gasteiger partial charge in [0.05, 0.1) is 16.0 Å². The highest BCUT2D eigenvalue weighted by atomic mass is 32.2. The van der Waals surface area contributed by atoms with Crippen LogP contribution in [0.2, 0.25) is 0 Å². The first-order chi connectivity index (χ1) is 19.8. The number of hydrogen-bond acceptors (Lipinski definition) is 4. The van der Waals surface area contributed by atoms with E-state index in [-0.39, 0.29) is 33.5 Å². The number of carbonyl (C=O) groups excluding carboxylic acids is 2. The third kappa shape index (κ3) is 4.62. The van der Waals surface area contributed by atoms with Crippen LogP contribution in [0.15, 0.2) is 71.6 Å². The third-order valence-electron chi connectivity index (χ3n) is 10.3. The molecule has 3 aliphatic rings. The first-order valence-corrected chi connectivity index (χ1v) is 16.5. The summed E-state index contributed by atoms with van der Waals surface area (Å²) < 4.78 is 30.5. The molecule has 6 nitrogen and oxygen atoms in total. The zero-order chi connectivity index (χ0) is 30.0. The van der Waals surface area contributed by atoms with Crippen LogP contribution in [0.1, 0.15) is 108 Å². The van der Waals surface area contributed by atoms with Gasteiger partial charge in [0.1, 0.15) is 0 Å². The van der Waals surface area contributed by atoms with Gasteiger partial charge in [-0.3, -0.25) is 14.5 Å². The maximum Gasteiger partial charge on any atom is 0.261 e. The molecule has 1 fully saturated rings. The molecule has 220 valence electrons. The predicted octanol–water partition coefficient (Wildman–Crippen LogP) is 6.90. The van der Waals surface area contributed by atoms with Crippen molar-refractivity contribution in [3.63, 3.8) is 0 Å². The van der Waals surface area contributed by atoms with Crippen LogP contribution in [-0.4, -0.2) is 31.7 Å². The van der Waals surface area contributed by atoms with Crippen molar-refractivity contribution in [2.75, 3.05) is 6.54 Å². The van der Waals surface area contributed by atoms with Gasteiger partial charge in [-0.1, -0.05) is 82.1 Å². The van der Waals surface area contributed by atoms with Crippen molar-refractivity contribution in [2.24, 2.45) is 11.3 Å². The average Bonchev–Trinajstić information content (AvgIpc) is 3.18. The van der Waals surface area contributed by atoms with Crippen LogP contribution in [-0.2, 0) is 15.4 Å². The minimum atomic E-state index is -3.79. The van der Waals surface area contributed by atoms with E-state index in [4.69, 9.17) is 0 Å². The minimum Gasteiger partial charge on any atom is -0.274 e. The van der Waals surface area contributed by atoms with Gasteiger partial charge in [-0.2, -0.15) is 0 Å². The van der Waals surface area contributed by atoms with Gasteiger partial charge >= 0.3 is 0 Å². The molecule has 1 aliphatic heterocycles. The second kappa shape index (κ2) is 10.2. The Morgan fingerprint density at radius 2 is 1.57 bits per heavy atom. The summed E-state index contributed by atoms with van der Waals surface area (Å²) in [6.07, 6.45) is 3.39. The zero-order valence-electron chi connectivity index (χ0n) is 25.1. The molecule has 0 radical (unpaired) electrons. The van der Waals surface area contributed by atoms with Gasteiger partial charge in [-0.25, -0.2) is 13.1 Å². The molecule has 3 aromatic carbocycles. The van der Waals surface area contributed by atoms with Crippen molar-refractivity contribution < 1.29 is 18.0 Å². The Morgan fingerprint density at radius 3 is 2.19 bits per heavy atom. The van der Waals surface area contributed by atoms with Crippen molar-refractivity contribution in [1.82, 2.24) is 9.62 Å². The summed E-state index contributed by atoms with van der Waals surface area (Å²) in [4.78, 5) is 28.5. The maximum absolute atomic E-state index is 13.7. The van der Waals surface area contributed by atoms with Crippen molar-refractivity contribution in [1.29, 1.82) is 0 Å². The maximum atomic E-state index is 13.7. The van der Waals surface area contributed by atoms with Gasteiger partial charge < -0.3 is 0 Å². The molecule has 0 bridgehead atoms. The highest BCUT2D eigenvalue weighted by molar-refractivity contribution is 7.89. The molecule has 0 spiro atoms. The largest absolute Gasteiger partial charge is 0.274 e. The topological polar surface area (TPSA) is 83.6 Å². The first kappa shape index (κ1) is 28.8. The number of sulfonamides is 1. The number of benzene rings is 3. The van der Waals surface area contributed by atoms with E-state index < -0.39 is 16.1 Å². The van der Waals surface area contributed by atoms with Gasteiger partial charge in [0, 0.05) is 12.6 Å². The molecule has 7 heteroatoms. The Labute approximate surface area is 249 Å². The molecular formula is C35H40N2O4S. The minimum absolute atomic E-state index is 0.0474. The van der Waals surface area contributed by atoms with E-state index in [2.05, 4.69) is 50.6 Å². The third-order valence-corrected chi connectivity index (χ3v) is 11.8. The van der Waals surface area contributed by atoms with E-state index in [1.165, 1.54) is 16.0 Å². The Balaban J connectivity index is 1.41. The summed E-state index contributed by atoms with van der Waals surface area (Å²) in [5.41, 5.74) is 4.71. The van der Waals surface area contributed by atoms with Gasteiger partial charge in [0.2, 0.25) is 10.0 Å². The smallest absolute Gasteiger partial charge is 0.261 e. The fourth-order valence-electron chi connectivity index (χ4n) is 7.97. The monoisotopic (exact) mass is 584 g/mol. The number of aryl methyl sites for hydroxylation is 1. The Kier molecular flexibility index (Phi) is 6.97. The van der Waals surface area contributed by atoms with E-state index in [1.807, 2.05) is 19.1 Å². The second-order valence-electron chi connectivity index (χ2n) is 13.4. The lowest BCUT2D eigenvalue weighted by Gasteiger charge is -2.57. The summed E-state index contributed by atoms with van der Waals surface area (Å²) >= 11 is 0. The number of hydrogen-bond donors (Lipinski definition) is 1. The molecule has 1 heterocycles. The lowest BCUT2D eigenvalue weighted by Crippen LogP contribution is -2.55. The van der Waals surface area contributed by atoms with Gasteiger partial charge in [-0.05, 0) is 89.8 Å². The van der Waals surface area contributed by atoms with E-state index >= 15 is 0 Å². The zero-order valence-corrected chi connectivity index (χ0v) is 25.9. The Morgan fingerprint density at radius 1 is 0.929 bits per heavy atom. The first-order valence-electron chi connectivity index (χ1n) is 15.0. The number of nitrogens with zero attached hydrogens (tertiary/aromatic N) is 1. The average molecular weight is 585 g/mol. The van der Waals surface area contributed by atoms with Crippen LogP contribution >= 0.6 is 0 Å². The van der Waals surface area contributed by atoms with Crippen LogP contribution in [0.4, 0.5) is 0 Å². The Bertz CT molecular complexity index is 1640. The molecule has 42 heavy (non-hydrogen) atoms. The number of nitrogens with one attached hydrogen (secondary N) is 1. The number of fused-ring (bicyclic) bond motifs is 4. The van der Waals surface area contributed by atoms with E-state index in [9.17, 15) is 18.0 Å². The number of amides is 2. The molecular weight excluding hydrogens is 544 g/mol.